The van der Waals surface area contributed by atoms with Crippen LogP contribution in [-0.2, 0) is 4.79 Å². The van der Waals surface area contributed by atoms with E-state index >= 15 is 0 Å². The fourth-order valence-electron chi connectivity index (χ4n) is 4.54. The number of fused-ring (bicyclic) bond motifs is 1. The Kier molecular flexibility index (Phi) is 5.78. The number of ether oxygens (including phenoxy) is 2. The number of benzene rings is 1. The lowest BCUT2D eigenvalue weighted by Gasteiger charge is -2.33. The third-order valence-corrected chi connectivity index (χ3v) is 6.32. The zero-order valence-corrected chi connectivity index (χ0v) is 17.8. The summed E-state index contributed by atoms with van der Waals surface area (Å²) in [7, 11) is 0. The van der Waals surface area contributed by atoms with Gasteiger partial charge in [0.25, 0.3) is 0 Å². The first kappa shape index (κ1) is 19.9. The number of amides is 1. The van der Waals surface area contributed by atoms with Crippen molar-refractivity contribution in [2.45, 2.75) is 32.1 Å². The fourth-order valence-corrected chi connectivity index (χ4v) is 4.54. The van der Waals surface area contributed by atoms with E-state index in [2.05, 4.69) is 31.2 Å². The molecule has 2 saturated heterocycles. The molecule has 0 spiro atoms. The Balaban J connectivity index is 1.17. The predicted molar refractivity (Wildman–Crippen MR) is 119 cm³/mol. The molecule has 0 unspecified atom stereocenters. The molecular weight excluding hydrogens is 394 g/mol. The van der Waals surface area contributed by atoms with Gasteiger partial charge in [-0.05, 0) is 44.2 Å². The van der Waals surface area contributed by atoms with Crippen molar-refractivity contribution >= 4 is 23.2 Å². The van der Waals surface area contributed by atoms with E-state index < -0.39 is 0 Å². The van der Waals surface area contributed by atoms with Gasteiger partial charge in [0.15, 0.2) is 11.5 Å². The number of aromatic nitrogens is 2. The molecule has 0 bridgehead atoms. The number of hydrogen-bond donors (Lipinski definition) is 1. The first-order valence-electron chi connectivity index (χ1n) is 11.3. The number of carbonyl (C=O) groups excluding carboxylic acids is 1. The maximum Gasteiger partial charge on any atom is 0.227 e. The maximum absolute atomic E-state index is 12.8. The smallest absolute Gasteiger partial charge is 0.227 e. The minimum Gasteiger partial charge on any atom is -0.486 e. The average Bonchev–Trinajstić information content (AvgIpc) is 2.85. The third-order valence-electron chi connectivity index (χ3n) is 6.32. The van der Waals surface area contributed by atoms with Crippen LogP contribution in [0.4, 0.5) is 17.3 Å². The van der Waals surface area contributed by atoms with E-state index in [4.69, 9.17) is 9.47 Å². The molecule has 0 atom stereocenters. The van der Waals surface area contributed by atoms with Crippen LogP contribution in [-0.4, -0.2) is 55.3 Å². The molecule has 1 N–H and O–H groups in total. The molecule has 2 aromatic rings. The van der Waals surface area contributed by atoms with Crippen LogP contribution in [0.1, 0.15) is 32.1 Å². The lowest BCUT2D eigenvalue weighted by Crippen LogP contribution is -2.39. The van der Waals surface area contributed by atoms with Crippen molar-refractivity contribution in [3.63, 3.8) is 0 Å². The number of hydrogen-bond acceptors (Lipinski definition) is 7. The summed E-state index contributed by atoms with van der Waals surface area (Å²) in [6.45, 7) is 4.86. The van der Waals surface area contributed by atoms with E-state index in [1.165, 1.54) is 19.3 Å². The molecule has 3 aliphatic rings. The number of anilines is 3. The van der Waals surface area contributed by atoms with E-state index in [1.54, 1.807) is 6.33 Å². The van der Waals surface area contributed by atoms with Gasteiger partial charge in [0, 0.05) is 49.9 Å². The third kappa shape index (κ3) is 4.52. The van der Waals surface area contributed by atoms with Gasteiger partial charge in [-0.25, -0.2) is 9.97 Å². The molecule has 8 nitrogen and oxygen atoms in total. The summed E-state index contributed by atoms with van der Waals surface area (Å²) in [5.74, 6) is 3.45. The van der Waals surface area contributed by atoms with Crippen LogP contribution >= 0.6 is 0 Å². The lowest BCUT2D eigenvalue weighted by atomic mass is 9.95. The summed E-state index contributed by atoms with van der Waals surface area (Å²) in [5, 5.41) is 3.04. The number of nitrogens with zero attached hydrogens (tertiary/aromatic N) is 4. The average molecular weight is 424 g/mol. The van der Waals surface area contributed by atoms with E-state index in [1.807, 2.05) is 18.2 Å². The molecule has 1 aromatic heterocycles. The largest absolute Gasteiger partial charge is 0.486 e. The monoisotopic (exact) mass is 423 g/mol. The van der Waals surface area contributed by atoms with Gasteiger partial charge >= 0.3 is 0 Å². The first-order chi connectivity index (χ1) is 15.3. The first-order valence-corrected chi connectivity index (χ1v) is 11.3. The Morgan fingerprint density at radius 3 is 2.29 bits per heavy atom. The predicted octanol–water partition coefficient (Wildman–Crippen LogP) is 3.09. The molecule has 2 fully saturated rings. The van der Waals surface area contributed by atoms with Crippen molar-refractivity contribution in [1.82, 2.24) is 9.97 Å². The molecular formula is C23H29N5O3. The quantitative estimate of drug-likeness (QED) is 0.809. The van der Waals surface area contributed by atoms with Crippen LogP contribution < -0.4 is 24.6 Å². The van der Waals surface area contributed by atoms with Crippen molar-refractivity contribution < 1.29 is 14.3 Å². The molecule has 1 aromatic carbocycles. The van der Waals surface area contributed by atoms with Gasteiger partial charge in [-0.3, -0.25) is 4.79 Å². The van der Waals surface area contributed by atoms with Crippen LogP contribution in [0.5, 0.6) is 11.5 Å². The molecule has 0 aliphatic carbocycles. The van der Waals surface area contributed by atoms with Crippen molar-refractivity contribution in [3.05, 3.63) is 30.6 Å². The Hall–Kier alpha value is -3.03. The topological polar surface area (TPSA) is 79.8 Å². The lowest BCUT2D eigenvalue weighted by molar-refractivity contribution is -0.120. The molecule has 164 valence electrons. The zero-order valence-electron chi connectivity index (χ0n) is 17.8. The minimum absolute atomic E-state index is 0.00662. The number of nitrogens with one attached hydrogen (secondary N) is 1. The minimum atomic E-state index is -0.00662. The molecule has 5 rings (SSSR count). The van der Waals surface area contributed by atoms with Crippen molar-refractivity contribution in [1.29, 1.82) is 0 Å². The highest BCUT2D eigenvalue weighted by Gasteiger charge is 2.26. The van der Waals surface area contributed by atoms with Gasteiger partial charge in [-0.2, -0.15) is 0 Å². The summed E-state index contributed by atoms with van der Waals surface area (Å²) in [4.78, 5) is 26.4. The zero-order chi connectivity index (χ0) is 21.0. The molecule has 4 heterocycles. The van der Waals surface area contributed by atoms with Gasteiger partial charge in [-0.1, -0.05) is 0 Å². The number of rotatable bonds is 4. The van der Waals surface area contributed by atoms with Crippen molar-refractivity contribution in [2.24, 2.45) is 5.92 Å². The van der Waals surface area contributed by atoms with Crippen molar-refractivity contribution in [2.75, 3.05) is 54.5 Å². The van der Waals surface area contributed by atoms with Gasteiger partial charge in [0.2, 0.25) is 5.91 Å². The fraction of sp³-hybridized carbons (Fsp3) is 0.522. The van der Waals surface area contributed by atoms with E-state index in [-0.39, 0.29) is 11.8 Å². The highest BCUT2D eigenvalue weighted by atomic mass is 16.6. The Morgan fingerprint density at radius 1 is 0.871 bits per heavy atom. The van der Waals surface area contributed by atoms with Crippen LogP contribution in [0, 0.1) is 5.92 Å². The Morgan fingerprint density at radius 2 is 1.55 bits per heavy atom. The van der Waals surface area contributed by atoms with Gasteiger partial charge in [0.1, 0.15) is 31.2 Å². The summed E-state index contributed by atoms with van der Waals surface area (Å²) < 4.78 is 11.2. The Bertz CT molecular complexity index is 923. The van der Waals surface area contributed by atoms with Crippen LogP contribution in [0.25, 0.3) is 0 Å². The summed E-state index contributed by atoms with van der Waals surface area (Å²) in [5.41, 5.74) is 0.749. The molecule has 1 amide bonds. The van der Waals surface area contributed by atoms with Crippen LogP contribution in [0.3, 0.4) is 0 Å². The second-order valence-electron chi connectivity index (χ2n) is 8.39. The molecule has 3 aliphatic heterocycles. The van der Waals surface area contributed by atoms with E-state index in [0.717, 1.165) is 62.1 Å². The van der Waals surface area contributed by atoms with E-state index in [9.17, 15) is 4.79 Å². The molecule has 31 heavy (non-hydrogen) atoms. The SMILES string of the molecule is O=C(Nc1ccc2c(c1)OCCO2)C1CCN(c2cc(N3CCCCC3)ncn2)CC1. The second-order valence-corrected chi connectivity index (χ2v) is 8.39. The summed E-state index contributed by atoms with van der Waals surface area (Å²) in [6, 6.07) is 7.65. The normalized spacial score (nSPS) is 19.2. The van der Waals surface area contributed by atoms with Crippen LogP contribution in [0.15, 0.2) is 30.6 Å². The summed E-state index contributed by atoms with van der Waals surface area (Å²) in [6.07, 6.45) is 7.03. The number of piperidine rings is 2. The highest BCUT2D eigenvalue weighted by Crippen LogP contribution is 2.33. The van der Waals surface area contributed by atoms with Gasteiger partial charge < -0.3 is 24.6 Å². The van der Waals surface area contributed by atoms with Crippen LogP contribution in [0.2, 0.25) is 0 Å². The van der Waals surface area contributed by atoms with Gasteiger partial charge in [-0.15, -0.1) is 0 Å². The molecule has 0 saturated carbocycles. The Labute approximate surface area is 182 Å². The highest BCUT2D eigenvalue weighted by molar-refractivity contribution is 5.93. The molecule has 8 heteroatoms. The van der Waals surface area contributed by atoms with Crippen molar-refractivity contribution in [3.8, 4) is 11.5 Å². The second kappa shape index (κ2) is 8.99. The standard InChI is InChI=1S/C23H29N5O3/c29-23(26-18-4-5-19-20(14-18)31-13-12-30-19)17-6-10-28(11-7-17)22-15-21(24-16-25-22)27-8-2-1-3-9-27/h4-5,14-17H,1-3,6-13H2,(H,26,29). The van der Waals surface area contributed by atoms with Gasteiger partial charge in [0.05, 0.1) is 0 Å². The van der Waals surface area contributed by atoms with E-state index in [0.29, 0.717) is 19.0 Å². The maximum atomic E-state index is 12.8. The summed E-state index contributed by atoms with van der Waals surface area (Å²) >= 11 is 0. The number of carbonyl (C=O) groups is 1. The molecule has 0 radical (unpaired) electrons.